The van der Waals surface area contributed by atoms with Crippen LogP contribution in [0, 0.1) is 18.7 Å². The number of aromatic nitrogens is 1. The zero-order valence-corrected chi connectivity index (χ0v) is 13.3. The van der Waals surface area contributed by atoms with E-state index in [0.717, 1.165) is 12.0 Å². The van der Waals surface area contributed by atoms with Crippen molar-refractivity contribution in [2.24, 2.45) is 5.92 Å². The van der Waals surface area contributed by atoms with E-state index >= 15 is 0 Å². The van der Waals surface area contributed by atoms with Gasteiger partial charge in [-0.3, -0.25) is 9.59 Å². The summed E-state index contributed by atoms with van der Waals surface area (Å²) in [6, 6.07) is 7.65. The predicted molar refractivity (Wildman–Crippen MR) is 87.3 cm³/mol. The largest absolute Gasteiger partial charge is 0.373 e. The molecule has 0 bridgehead atoms. The third kappa shape index (κ3) is 3.54. The van der Waals surface area contributed by atoms with Crippen molar-refractivity contribution in [3.63, 3.8) is 0 Å². The van der Waals surface area contributed by atoms with Crippen LogP contribution in [0.1, 0.15) is 34.0 Å². The van der Waals surface area contributed by atoms with Crippen molar-refractivity contribution in [3.8, 4) is 0 Å². The zero-order chi connectivity index (χ0) is 17.1. The molecule has 1 aliphatic heterocycles. The number of H-pyrrole nitrogens is 1. The number of benzene rings is 1. The highest BCUT2D eigenvalue weighted by Gasteiger charge is 2.30. The van der Waals surface area contributed by atoms with Crippen molar-refractivity contribution in [1.29, 1.82) is 0 Å². The second-order valence-electron chi connectivity index (χ2n) is 6.00. The Kier molecular flexibility index (Phi) is 4.76. The van der Waals surface area contributed by atoms with Crippen molar-refractivity contribution < 1.29 is 13.9 Å². The van der Waals surface area contributed by atoms with Crippen LogP contribution in [0.5, 0.6) is 0 Å². The maximum atomic E-state index is 13.1. The molecule has 2 N–H and O–H groups in total. The molecule has 1 fully saturated rings. The van der Waals surface area contributed by atoms with Gasteiger partial charge in [0.1, 0.15) is 5.82 Å². The molecule has 24 heavy (non-hydrogen) atoms. The first-order chi connectivity index (χ1) is 11.5. The topological polar surface area (TPSA) is 71.2 Å². The molecular formula is C18H19FN2O3. The summed E-state index contributed by atoms with van der Waals surface area (Å²) in [6.45, 7) is 2.80. The highest BCUT2D eigenvalue weighted by molar-refractivity contribution is 5.95. The van der Waals surface area contributed by atoms with Gasteiger partial charge >= 0.3 is 0 Å². The number of nitrogens with one attached hydrogen (secondary N) is 2. The number of amides is 1. The molecule has 1 aromatic heterocycles. The van der Waals surface area contributed by atoms with E-state index in [-0.39, 0.29) is 29.3 Å². The quantitative estimate of drug-likeness (QED) is 0.904. The Morgan fingerprint density at radius 3 is 2.83 bits per heavy atom. The van der Waals surface area contributed by atoms with Crippen molar-refractivity contribution in [2.45, 2.75) is 19.4 Å². The standard InChI is InChI=1S/C18H19FN2O3/c1-11-8-16(22)20-10-15(11)18(23)21-9-13-6-7-24-17(13)12-2-4-14(19)5-3-12/h2-5,8,10,13,17H,6-7,9H2,1H3,(H,20,22)(H,21,23)/t13-,17-/m0/s1. The van der Waals surface area contributed by atoms with Gasteiger partial charge in [0.05, 0.1) is 11.7 Å². The molecule has 5 nitrogen and oxygen atoms in total. The van der Waals surface area contributed by atoms with E-state index in [1.54, 1.807) is 19.1 Å². The Morgan fingerprint density at radius 2 is 2.12 bits per heavy atom. The van der Waals surface area contributed by atoms with Crippen LogP contribution < -0.4 is 10.9 Å². The highest BCUT2D eigenvalue weighted by atomic mass is 19.1. The average Bonchev–Trinajstić information content (AvgIpc) is 3.02. The van der Waals surface area contributed by atoms with Gasteiger partial charge in [0.25, 0.3) is 5.91 Å². The van der Waals surface area contributed by atoms with Gasteiger partial charge in [0.2, 0.25) is 5.56 Å². The van der Waals surface area contributed by atoms with E-state index in [1.807, 2.05) is 0 Å². The summed E-state index contributed by atoms with van der Waals surface area (Å²) in [5.74, 6) is -0.383. The molecule has 0 unspecified atom stereocenters. The zero-order valence-electron chi connectivity index (χ0n) is 13.3. The van der Waals surface area contributed by atoms with Gasteiger partial charge in [0.15, 0.2) is 0 Å². The Morgan fingerprint density at radius 1 is 1.38 bits per heavy atom. The molecule has 0 aliphatic carbocycles. The van der Waals surface area contributed by atoms with Crippen molar-refractivity contribution in [3.05, 3.63) is 69.4 Å². The van der Waals surface area contributed by atoms with Gasteiger partial charge < -0.3 is 15.0 Å². The number of hydrogen-bond acceptors (Lipinski definition) is 3. The molecule has 1 aromatic carbocycles. The van der Waals surface area contributed by atoms with Crippen LogP contribution in [0.25, 0.3) is 0 Å². The Hall–Kier alpha value is -2.47. The minimum Gasteiger partial charge on any atom is -0.373 e. The first-order valence-electron chi connectivity index (χ1n) is 7.89. The van der Waals surface area contributed by atoms with E-state index in [9.17, 15) is 14.0 Å². The van der Waals surface area contributed by atoms with Crippen LogP contribution in [0.3, 0.4) is 0 Å². The summed E-state index contributed by atoms with van der Waals surface area (Å²) < 4.78 is 18.8. The number of carbonyl (C=O) groups excluding carboxylic acids is 1. The Bertz CT molecular complexity index is 786. The maximum absolute atomic E-state index is 13.1. The van der Waals surface area contributed by atoms with Gasteiger partial charge in [0, 0.05) is 31.3 Å². The number of pyridine rings is 1. The summed E-state index contributed by atoms with van der Waals surface area (Å²) in [6.07, 6.45) is 2.10. The molecule has 1 saturated heterocycles. The van der Waals surface area contributed by atoms with E-state index < -0.39 is 0 Å². The van der Waals surface area contributed by atoms with Crippen molar-refractivity contribution in [1.82, 2.24) is 10.3 Å². The minimum atomic E-state index is -0.282. The fraction of sp³-hybridized carbons (Fsp3) is 0.333. The van der Waals surface area contributed by atoms with Crippen molar-refractivity contribution in [2.75, 3.05) is 13.2 Å². The molecule has 126 valence electrons. The molecule has 0 spiro atoms. The third-order valence-electron chi connectivity index (χ3n) is 4.31. The molecule has 2 aromatic rings. The smallest absolute Gasteiger partial charge is 0.253 e. The molecular weight excluding hydrogens is 311 g/mol. The molecule has 0 radical (unpaired) electrons. The molecule has 6 heteroatoms. The molecule has 1 amide bonds. The SMILES string of the molecule is Cc1cc(=O)[nH]cc1C(=O)NC[C@@H]1CCO[C@H]1c1ccc(F)cc1. The number of halogens is 1. The maximum Gasteiger partial charge on any atom is 0.253 e. The molecule has 3 rings (SSSR count). The van der Waals surface area contributed by atoms with E-state index in [2.05, 4.69) is 10.3 Å². The monoisotopic (exact) mass is 330 g/mol. The summed E-state index contributed by atoms with van der Waals surface area (Å²) in [4.78, 5) is 26.0. The highest BCUT2D eigenvalue weighted by Crippen LogP contribution is 2.34. The number of hydrogen-bond donors (Lipinski definition) is 2. The third-order valence-corrected chi connectivity index (χ3v) is 4.31. The van der Waals surface area contributed by atoms with Gasteiger partial charge in [-0.2, -0.15) is 0 Å². The van der Waals surface area contributed by atoms with E-state index in [4.69, 9.17) is 4.74 Å². The molecule has 2 atom stereocenters. The predicted octanol–water partition coefficient (Wildman–Crippen LogP) is 2.33. The lowest BCUT2D eigenvalue weighted by Crippen LogP contribution is -2.31. The van der Waals surface area contributed by atoms with Crippen molar-refractivity contribution >= 4 is 5.91 Å². The Labute approximate surface area is 138 Å². The summed E-state index contributed by atoms with van der Waals surface area (Å²) in [7, 11) is 0. The molecule has 1 aliphatic rings. The normalized spacial score (nSPS) is 20.1. The fourth-order valence-electron chi connectivity index (χ4n) is 3.00. The summed E-state index contributed by atoms with van der Waals surface area (Å²) in [5.41, 5.74) is 1.76. The summed E-state index contributed by atoms with van der Waals surface area (Å²) >= 11 is 0. The first-order valence-corrected chi connectivity index (χ1v) is 7.89. The van der Waals surface area contributed by atoms with E-state index in [1.165, 1.54) is 24.4 Å². The molecule has 0 saturated carbocycles. The fourth-order valence-corrected chi connectivity index (χ4v) is 3.00. The number of carbonyl (C=O) groups is 1. The number of aromatic amines is 1. The van der Waals surface area contributed by atoms with Crippen LogP contribution in [0.2, 0.25) is 0 Å². The first kappa shape index (κ1) is 16.4. The number of aryl methyl sites for hydroxylation is 1. The average molecular weight is 330 g/mol. The Balaban J connectivity index is 1.65. The number of rotatable bonds is 4. The lowest BCUT2D eigenvalue weighted by molar-refractivity contribution is 0.0845. The van der Waals surface area contributed by atoms with Crippen LogP contribution in [0.15, 0.2) is 41.3 Å². The van der Waals surface area contributed by atoms with Crippen LogP contribution >= 0.6 is 0 Å². The van der Waals surface area contributed by atoms with Gasteiger partial charge in [-0.15, -0.1) is 0 Å². The second kappa shape index (κ2) is 6.97. The van der Waals surface area contributed by atoms with Gasteiger partial charge in [-0.1, -0.05) is 12.1 Å². The van der Waals surface area contributed by atoms with E-state index in [0.29, 0.717) is 24.3 Å². The molecule has 2 heterocycles. The van der Waals surface area contributed by atoms with Crippen LogP contribution in [-0.4, -0.2) is 24.0 Å². The second-order valence-corrected chi connectivity index (χ2v) is 6.00. The number of ether oxygens (including phenoxy) is 1. The lowest BCUT2D eigenvalue weighted by atomic mass is 9.95. The van der Waals surface area contributed by atoms with Gasteiger partial charge in [-0.25, -0.2) is 4.39 Å². The summed E-state index contributed by atoms with van der Waals surface area (Å²) in [5, 5.41) is 2.90. The lowest BCUT2D eigenvalue weighted by Gasteiger charge is -2.19. The van der Waals surface area contributed by atoms with Gasteiger partial charge in [-0.05, 0) is 36.6 Å². The van der Waals surface area contributed by atoms with Crippen LogP contribution in [0.4, 0.5) is 4.39 Å². The van der Waals surface area contributed by atoms with Crippen LogP contribution in [-0.2, 0) is 4.74 Å². The minimum absolute atomic E-state index is 0.127.